The third-order valence-corrected chi connectivity index (χ3v) is 3.52. The van der Waals surface area contributed by atoms with Gasteiger partial charge in [0.2, 0.25) is 0 Å². The maximum atomic E-state index is 13.0. The molecule has 0 saturated carbocycles. The van der Waals surface area contributed by atoms with Crippen LogP contribution in [-0.4, -0.2) is 17.7 Å². The normalized spacial score (nSPS) is 16.4. The van der Waals surface area contributed by atoms with Crippen LogP contribution in [0.3, 0.4) is 0 Å². The number of hydrogen-bond donors (Lipinski definition) is 0. The Morgan fingerprint density at radius 3 is 1.79 bits per heavy atom. The number of carbonyl (C=O) groups excluding carboxylic acids is 2. The highest BCUT2D eigenvalue weighted by atomic mass is 19.1. The topological polar surface area (TPSA) is 52.6 Å². The summed E-state index contributed by atoms with van der Waals surface area (Å²) >= 11 is 0. The van der Waals surface area contributed by atoms with Crippen molar-refractivity contribution >= 4 is 18.0 Å². The molecule has 0 atom stereocenters. The number of cyclic esters (lactones) is 2. The highest BCUT2D eigenvalue weighted by Gasteiger charge is 2.38. The summed E-state index contributed by atoms with van der Waals surface area (Å²) in [4.78, 5) is 23.8. The minimum atomic E-state index is -1.25. The van der Waals surface area contributed by atoms with Crippen LogP contribution >= 0.6 is 0 Å². The minimum absolute atomic E-state index is 0.149. The van der Waals surface area contributed by atoms with Crippen LogP contribution in [-0.2, 0) is 19.1 Å². The summed E-state index contributed by atoms with van der Waals surface area (Å²) in [5.74, 6) is -2.96. The smallest absolute Gasteiger partial charge is 0.348 e. The van der Waals surface area contributed by atoms with E-state index in [0.29, 0.717) is 5.56 Å². The number of hydrogen-bond acceptors (Lipinski definition) is 4. The zero-order valence-corrected chi connectivity index (χ0v) is 13.2. The van der Waals surface area contributed by atoms with Gasteiger partial charge in [0.05, 0.1) is 0 Å². The Balaban J connectivity index is 1.85. The van der Waals surface area contributed by atoms with Crippen molar-refractivity contribution in [1.82, 2.24) is 0 Å². The Bertz CT molecular complexity index is 795. The Morgan fingerprint density at radius 1 is 0.833 bits per heavy atom. The molecule has 4 nitrogen and oxygen atoms in total. The summed E-state index contributed by atoms with van der Waals surface area (Å²) in [5, 5.41) is 0. The van der Waals surface area contributed by atoms with E-state index in [4.69, 9.17) is 9.47 Å². The number of carbonyl (C=O) groups is 2. The fraction of sp³-hybridized carbons (Fsp3) is 0.158. The van der Waals surface area contributed by atoms with Gasteiger partial charge < -0.3 is 9.47 Å². The van der Waals surface area contributed by atoms with Gasteiger partial charge in [-0.1, -0.05) is 36.4 Å². The van der Waals surface area contributed by atoms with Crippen LogP contribution in [0.15, 0.2) is 54.1 Å². The molecule has 0 N–H and O–H groups in total. The molecule has 0 aliphatic carbocycles. The Kier molecular flexibility index (Phi) is 3.93. The highest BCUT2D eigenvalue weighted by molar-refractivity contribution is 6.18. The van der Waals surface area contributed by atoms with Gasteiger partial charge >= 0.3 is 11.9 Å². The summed E-state index contributed by atoms with van der Waals surface area (Å²) < 4.78 is 23.1. The van der Waals surface area contributed by atoms with E-state index < -0.39 is 17.7 Å². The molecule has 0 spiro atoms. The highest BCUT2D eigenvalue weighted by Crippen LogP contribution is 2.25. The summed E-state index contributed by atoms with van der Waals surface area (Å²) in [5.41, 5.74) is 2.27. The maximum absolute atomic E-state index is 13.0. The molecule has 1 saturated heterocycles. The second kappa shape index (κ2) is 5.92. The Morgan fingerprint density at radius 2 is 1.29 bits per heavy atom. The fourth-order valence-corrected chi connectivity index (χ4v) is 2.36. The average molecular weight is 326 g/mol. The van der Waals surface area contributed by atoms with Gasteiger partial charge in [0.15, 0.2) is 0 Å². The van der Waals surface area contributed by atoms with E-state index in [-0.39, 0.29) is 11.4 Å². The number of esters is 2. The molecule has 0 aromatic heterocycles. The van der Waals surface area contributed by atoms with Crippen LogP contribution in [0.5, 0.6) is 0 Å². The molecule has 0 amide bonds. The number of benzene rings is 2. The molecule has 2 aromatic carbocycles. The summed E-state index contributed by atoms with van der Waals surface area (Å²) in [6, 6.07) is 13.3. The lowest BCUT2D eigenvalue weighted by Crippen LogP contribution is -2.41. The first-order valence-corrected chi connectivity index (χ1v) is 7.38. The predicted octanol–water partition coefficient (Wildman–Crippen LogP) is 3.71. The third kappa shape index (κ3) is 3.35. The van der Waals surface area contributed by atoms with Crippen molar-refractivity contribution in [1.29, 1.82) is 0 Å². The maximum Gasteiger partial charge on any atom is 0.348 e. The van der Waals surface area contributed by atoms with Crippen molar-refractivity contribution in [2.75, 3.05) is 0 Å². The molecule has 5 heteroatoms. The van der Waals surface area contributed by atoms with Crippen LogP contribution in [0.1, 0.15) is 19.4 Å². The van der Waals surface area contributed by atoms with E-state index in [1.807, 2.05) is 12.1 Å². The predicted molar refractivity (Wildman–Crippen MR) is 86.1 cm³/mol. The standard InChI is InChI=1S/C19H15FO4/c1-19(2)23-17(21)16(18(22)24-19)11-12-3-5-13(6-4-12)14-7-9-15(20)10-8-14/h3-11H,1-2H3. The van der Waals surface area contributed by atoms with E-state index in [0.717, 1.165) is 11.1 Å². The molecule has 24 heavy (non-hydrogen) atoms. The van der Waals surface area contributed by atoms with Crippen molar-refractivity contribution in [3.05, 3.63) is 65.5 Å². The lowest BCUT2D eigenvalue weighted by atomic mass is 10.0. The second-order valence-corrected chi connectivity index (χ2v) is 5.87. The minimum Gasteiger partial charge on any atom is -0.419 e. The van der Waals surface area contributed by atoms with Gasteiger partial charge in [-0.2, -0.15) is 0 Å². The molecule has 0 unspecified atom stereocenters. The van der Waals surface area contributed by atoms with Gasteiger partial charge in [-0.3, -0.25) is 0 Å². The third-order valence-electron chi connectivity index (χ3n) is 3.52. The number of rotatable bonds is 2. The van der Waals surface area contributed by atoms with E-state index in [2.05, 4.69) is 0 Å². The Labute approximate surface area is 138 Å². The van der Waals surface area contributed by atoms with Crippen LogP contribution in [0, 0.1) is 5.82 Å². The van der Waals surface area contributed by atoms with Crippen molar-refractivity contribution in [3.8, 4) is 11.1 Å². The van der Waals surface area contributed by atoms with Gasteiger partial charge in [-0.25, -0.2) is 14.0 Å². The number of ether oxygens (including phenoxy) is 2. The first kappa shape index (κ1) is 15.9. The molecule has 1 heterocycles. The number of halogens is 1. The summed E-state index contributed by atoms with van der Waals surface area (Å²) in [6.07, 6.45) is 1.42. The van der Waals surface area contributed by atoms with Crippen LogP contribution in [0.25, 0.3) is 17.2 Å². The van der Waals surface area contributed by atoms with Gasteiger partial charge in [0.25, 0.3) is 5.79 Å². The van der Waals surface area contributed by atoms with E-state index >= 15 is 0 Å². The molecule has 0 radical (unpaired) electrons. The van der Waals surface area contributed by atoms with Crippen LogP contribution in [0.2, 0.25) is 0 Å². The first-order valence-electron chi connectivity index (χ1n) is 7.38. The lowest BCUT2D eigenvalue weighted by molar-refractivity contribution is -0.222. The van der Waals surface area contributed by atoms with E-state index in [1.54, 1.807) is 24.3 Å². The summed E-state index contributed by atoms with van der Waals surface area (Å²) in [7, 11) is 0. The molecule has 1 aliphatic rings. The van der Waals surface area contributed by atoms with Gasteiger partial charge in [0, 0.05) is 13.8 Å². The molecule has 122 valence electrons. The second-order valence-electron chi connectivity index (χ2n) is 5.87. The zero-order valence-electron chi connectivity index (χ0n) is 13.2. The molecule has 0 bridgehead atoms. The Hall–Kier alpha value is -2.95. The largest absolute Gasteiger partial charge is 0.419 e. The van der Waals surface area contributed by atoms with E-state index in [9.17, 15) is 14.0 Å². The van der Waals surface area contributed by atoms with Gasteiger partial charge in [-0.15, -0.1) is 0 Å². The first-order chi connectivity index (χ1) is 11.3. The molecule has 2 aromatic rings. The SMILES string of the molecule is CC1(C)OC(=O)C(=Cc2ccc(-c3ccc(F)cc3)cc2)C(=O)O1. The zero-order chi connectivity index (χ0) is 17.3. The van der Waals surface area contributed by atoms with Crippen molar-refractivity contribution in [3.63, 3.8) is 0 Å². The van der Waals surface area contributed by atoms with Crippen molar-refractivity contribution < 1.29 is 23.5 Å². The van der Waals surface area contributed by atoms with Gasteiger partial charge in [-0.05, 0) is 34.9 Å². The van der Waals surface area contributed by atoms with Crippen LogP contribution < -0.4 is 0 Å². The fourth-order valence-electron chi connectivity index (χ4n) is 2.36. The molecule has 1 aliphatic heterocycles. The molecule has 3 rings (SSSR count). The molecular formula is C19H15FO4. The lowest BCUT2D eigenvalue weighted by Gasteiger charge is -2.29. The quantitative estimate of drug-likeness (QED) is 0.479. The molecular weight excluding hydrogens is 311 g/mol. The molecule has 1 fully saturated rings. The van der Waals surface area contributed by atoms with Crippen molar-refractivity contribution in [2.24, 2.45) is 0 Å². The average Bonchev–Trinajstić information content (AvgIpc) is 2.51. The van der Waals surface area contributed by atoms with E-state index in [1.165, 1.54) is 32.1 Å². The van der Waals surface area contributed by atoms with Crippen LogP contribution in [0.4, 0.5) is 4.39 Å². The summed E-state index contributed by atoms with van der Waals surface area (Å²) in [6.45, 7) is 2.99. The van der Waals surface area contributed by atoms with Gasteiger partial charge in [0.1, 0.15) is 11.4 Å². The van der Waals surface area contributed by atoms with Crippen molar-refractivity contribution in [2.45, 2.75) is 19.6 Å². The monoisotopic (exact) mass is 326 g/mol.